The Morgan fingerprint density at radius 2 is 2.00 bits per heavy atom. The van der Waals surface area contributed by atoms with Gasteiger partial charge in [0.15, 0.2) is 0 Å². The molecular weight excluding hydrogens is 266 g/mol. The second-order valence-corrected chi connectivity index (χ2v) is 6.07. The quantitative estimate of drug-likeness (QED) is 0.927. The van der Waals surface area contributed by atoms with Crippen LogP contribution < -0.4 is 0 Å². The Labute approximate surface area is 125 Å². The van der Waals surface area contributed by atoms with E-state index in [0.29, 0.717) is 17.5 Å². The Balaban J connectivity index is 2.05. The molecule has 1 aromatic rings. The van der Waals surface area contributed by atoms with E-state index in [4.69, 9.17) is 0 Å². The predicted octanol–water partition coefficient (Wildman–Crippen LogP) is 2.96. The van der Waals surface area contributed by atoms with Crippen molar-refractivity contribution in [2.24, 2.45) is 5.92 Å². The second kappa shape index (κ2) is 6.74. The van der Waals surface area contributed by atoms with Crippen molar-refractivity contribution in [1.82, 2.24) is 4.90 Å². The van der Waals surface area contributed by atoms with E-state index in [2.05, 4.69) is 6.92 Å². The lowest BCUT2D eigenvalue weighted by Gasteiger charge is -2.34. The lowest BCUT2D eigenvalue weighted by molar-refractivity contribution is -0.132. The van der Waals surface area contributed by atoms with Gasteiger partial charge in [0.1, 0.15) is 0 Å². The van der Waals surface area contributed by atoms with Gasteiger partial charge in [-0.3, -0.25) is 4.79 Å². The number of carbonyl (C=O) groups excluding carboxylic acids is 1. The van der Waals surface area contributed by atoms with Crippen LogP contribution in [0.15, 0.2) is 24.3 Å². The topological polar surface area (TPSA) is 57.6 Å². The van der Waals surface area contributed by atoms with Crippen LogP contribution in [0, 0.1) is 5.92 Å². The van der Waals surface area contributed by atoms with Crippen molar-refractivity contribution in [3.63, 3.8) is 0 Å². The molecule has 0 bridgehead atoms. The van der Waals surface area contributed by atoms with Gasteiger partial charge >= 0.3 is 5.97 Å². The highest BCUT2D eigenvalue weighted by Crippen LogP contribution is 2.27. The zero-order chi connectivity index (χ0) is 15.4. The summed E-state index contributed by atoms with van der Waals surface area (Å²) in [6.07, 6.45) is 4.65. The highest BCUT2D eigenvalue weighted by Gasteiger charge is 2.26. The molecule has 4 nitrogen and oxygen atoms in total. The van der Waals surface area contributed by atoms with Gasteiger partial charge in [0.2, 0.25) is 5.91 Å². The molecule has 1 aliphatic carbocycles. The minimum atomic E-state index is -0.979. The standard InChI is InChI=1S/C17H23NO3/c1-12-6-5-8-14(10-12)18(2)16(19)11-13-7-3-4-9-15(13)17(20)21/h3-4,7,9,12,14H,5-6,8,10-11H2,1-2H3,(H,20,21). The minimum Gasteiger partial charge on any atom is -0.478 e. The molecular formula is C17H23NO3. The lowest BCUT2D eigenvalue weighted by Crippen LogP contribution is -2.40. The molecule has 1 saturated carbocycles. The number of hydrogen-bond acceptors (Lipinski definition) is 2. The Bertz CT molecular complexity index is 527. The highest BCUT2D eigenvalue weighted by atomic mass is 16.4. The first-order valence-corrected chi connectivity index (χ1v) is 7.56. The average molecular weight is 289 g/mol. The Morgan fingerprint density at radius 3 is 2.67 bits per heavy atom. The van der Waals surface area contributed by atoms with Gasteiger partial charge in [-0.05, 0) is 30.4 Å². The molecule has 1 fully saturated rings. The van der Waals surface area contributed by atoms with Gasteiger partial charge < -0.3 is 10.0 Å². The molecule has 1 amide bonds. The van der Waals surface area contributed by atoms with Crippen LogP contribution in [-0.2, 0) is 11.2 Å². The maximum Gasteiger partial charge on any atom is 0.335 e. The maximum atomic E-state index is 12.4. The molecule has 0 heterocycles. The third-order valence-corrected chi connectivity index (χ3v) is 4.44. The fourth-order valence-electron chi connectivity index (χ4n) is 3.13. The Kier molecular flexibility index (Phi) is 4.99. The van der Waals surface area contributed by atoms with Crippen molar-refractivity contribution in [2.45, 2.75) is 45.1 Å². The number of amides is 1. The van der Waals surface area contributed by atoms with E-state index in [1.165, 1.54) is 6.42 Å². The number of nitrogens with zero attached hydrogens (tertiary/aromatic N) is 1. The monoisotopic (exact) mass is 289 g/mol. The van der Waals surface area contributed by atoms with Crippen LogP contribution >= 0.6 is 0 Å². The second-order valence-electron chi connectivity index (χ2n) is 6.07. The van der Waals surface area contributed by atoms with E-state index < -0.39 is 5.97 Å². The number of carboxylic acid groups (broad SMARTS) is 1. The summed E-state index contributed by atoms with van der Waals surface area (Å²) in [6, 6.07) is 7.02. The van der Waals surface area contributed by atoms with Crippen molar-refractivity contribution in [3.05, 3.63) is 35.4 Å². The Morgan fingerprint density at radius 1 is 1.29 bits per heavy atom. The number of benzene rings is 1. The van der Waals surface area contributed by atoms with Crippen LogP contribution in [0.5, 0.6) is 0 Å². The molecule has 1 N–H and O–H groups in total. The van der Waals surface area contributed by atoms with Crippen molar-refractivity contribution in [2.75, 3.05) is 7.05 Å². The summed E-state index contributed by atoms with van der Waals surface area (Å²) in [5.41, 5.74) is 0.807. The van der Waals surface area contributed by atoms with E-state index in [-0.39, 0.29) is 17.9 Å². The van der Waals surface area contributed by atoms with Crippen molar-refractivity contribution in [1.29, 1.82) is 0 Å². The van der Waals surface area contributed by atoms with Crippen LogP contribution in [0.25, 0.3) is 0 Å². The van der Waals surface area contributed by atoms with Crippen LogP contribution in [0.1, 0.15) is 48.5 Å². The average Bonchev–Trinajstić information content (AvgIpc) is 2.46. The SMILES string of the molecule is CC1CCCC(N(C)C(=O)Cc2ccccc2C(=O)O)C1. The molecule has 114 valence electrons. The number of carboxylic acids is 1. The van der Waals surface area contributed by atoms with Crippen molar-refractivity contribution >= 4 is 11.9 Å². The molecule has 1 aromatic carbocycles. The smallest absolute Gasteiger partial charge is 0.335 e. The lowest BCUT2D eigenvalue weighted by atomic mass is 9.86. The van der Waals surface area contributed by atoms with Gasteiger partial charge in [0, 0.05) is 13.1 Å². The molecule has 1 aliphatic rings. The summed E-state index contributed by atoms with van der Waals surface area (Å²) in [5.74, 6) is -0.319. The first-order chi connectivity index (χ1) is 9.99. The van der Waals surface area contributed by atoms with Gasteiger partial charge in [0.05, 0.1) is 12.0 Å². The molecule has 4 heteroatoms. The molecule has 2 atom stereocenters. The van der Waals surface area contributed by atoms with Gasteiger partial charge in [-0.25, -0.2) is 4.79 Å². The first kappa shape index (κ1) is 15.5. The first-order valence-electron chi connectivity index (χ1n) is 7.56. The van der Waals surface area contributed by atoms with E-state index in [0.717, 1.165) is 19.3 Å². The number of rotatable bonds is 4. The fourth-order valence-corrected chi connectivity index (χ4v) is 3.13. The van der Waals surface area contributed by atoms with Crippen LogP contribution in [0.4, 0.5) is 0 Å². The zero-order valence-electron chi connectivity index (χ0n) is 12.7. The van der Waals surface area contributed by atoms with E-state index in [1.54, 1.807) is 24.3 Å². The van der Waals surface area contributed by atoms with Crippen molar-refractivity contribution < 1.29 is 14.7 Å². The van der Waals surface area contributed by atoms with Crippen LogP contribution in [0.3, 0.4) is 0 Å². The minimum absolute atomic E-state index is 0.00259. The summed E-state index contributed by atoms with van der Waals surface area (Å²) in [5, 5.41) is 9.18. The highest BCUT2D eigenvalue weighted by molar-refractivity contribution is 5.91. The fraction of sp³-hybridized carbons (Fsp3) is 0.529. The summed E-state index contributed by atoms with van der Waals surface area (Å²) in [4.78, 5) is 25.4. The normalized spacial score (nSPS) is 21.8. The third-order valence-electron chi connectivity index (χ3n) is 4.44. The molecule has 2 unspecified atom stereocenters. The molecule has 2 rings (SSSR count). The number of likely N-dealkylation sites (N-methyl/N-ethyl adjacent to an activating group) is 1. The number of carbonyl (C=O) groups is 2. The van der Waals surface area contributed by atoms with E-state index in [1.807, 2.05) is 11.9 Å². The van der Waals surface area contributed by atoms with Gasteiger partial charge in [-0.1, -0.05) is 38.0 Å². The predicted molar refractivity (Wildman–Crippen MR) is 81.3 cm³/mol. The zero-order valence-corrected chi connectivity index (χ0v) is 12.7. The van der Waals surface area contributed by atoms with Gasteiger partial charge in [0.25, 0.3) is 0 Å². The van der Waals surface area contributed by atoms with E-state index in [9.17, 15) is 14.7 Å². The molecule has 0 aliphatic heterocycles. The van der Waals surface area contributed by atoms with Crippen LogP contribution in [0.2, 0.25) is 0 Å². The molecule has 0 spiro atoms. The molecule has 21 heavy (non-hydrogen) atoms. The summed E-state index contributed by atoms with van der Waals surface area (Å²) in [6.45, 7) is 2.23. The molecule has 0 saturated heterocycles. The summed E-state index contributed by atoms with van der Waals surface area (Å²) < 4.78 is 0. The Hall–Kier alpha value is -1.84. The third kappa shape index (κ3) is 3.84. The summed E-state index contributed by atoms with van der Waals surface area (Å²) in [7, 11) is 1.84. The molecule has 0 aromatic heterocycles. The van der Waals surface area contributed by atoms with Crippen molar-refractivity contribution in [3.8, 4) is 0 Å². The largest absolute Gasteiger partial charge is 0.478 e. The molecule has 0 radical (unpaired) electrons. The van der Waals surface area contributed by atoms with Gasteiger partial charge in [-0.2, -0.15) is 0 Å². The maximum absolute atomic E-state index is 12.4. The van der Waals surface area contributed by atoms with Gasteiger partial charge in [-0.15, -0.1) is 0 Å². The van der Waals surface area contributed by atoms with Crippen LogP contribution in [-0.4, -0.2) is 35.0 Å². The van der Waals surface area contributed by atoms with E-state index >= 15 is 0 Å². The summed E-state index contributed by atoms with van der Waals surface area (Å²) >= 11 is 0. The number of hydrogen-bond donors (Lipinski definition) is 1. The number of aromatic carboxylic acids is 1.